The molecule has 0 unspecified atom stereocenters. The van der Waals surface area contributed by atoms with Crippen molar-refractivity contribution in [3.05, 3.63) is 50.5 Å². The summed E-state index contributed by atoms with van der Waals surface area (Å²) in [6.07, 6.45) is 1.32. The van der Waals surface area contributed by atoms with Gasteiger partial charge in [-0.1, -0.05) is 0 Å². The average Bonchev–Trinajstić information content (AvgIpc) is 2.80. The number of hydrogen-bond acceptors (Lipinski definition) is 5. The van der Waals surface area contributed by atoms with E-state index in [-0.39, 0.29) is 17.1 Å². The first-order valence-corrected chi connectivity index (χ1v) is 5.69. The van der Waals surface area contributed by atoms with E-state index in [4.69, 9.17) is 10.5 Å². The van der Waals surface area contributed by atoms with Crippen LogP contribution in [0.2, 0.25) is 0 Å². The van der Waals surface area contributed by atoms with Gasteiger partial charge in [0.2, 0.25) is 0 Å². The number of imidazole rings is 1. The molecule has 8 heteroatoms. The molecule has 0 atom stereocenters. The smallest absolute Gasteiger partial charge is 0.270 e. The highest BCUT2D eigenvalue weighted by atomic mass is 79.9. The summed E-state index contributed by atoms with van der Waals surface area (Å²) < 4.78 is 1.83. The van der Waals surface area contributed by atoms with E-state index < -0.39 is 4.92 Å². The molecule has 1 heterocycles. The molecule has 0 saturated heterocycles. The van der Waals surface area contributed by atoms with Crippen LogP contribution in [0.5, 0.6) is 0 Å². The molecule has 0 aliphatic heterocycles. The molecule has 0 N–H and O–H groups in total. The first-order valence-electron chi connectivity index (χ1n) is 4.90. The van der Waals surface area contributed by atoms with Gasteiger partial charge in [-0.05, 0) is 22.0 Å². The number of non-ortho nitro benzene ring substituents is 1. The number of nitro benzene ring substituents is 1. The van der Waals surface area contributed by atoms with Gasteiger partial charge in [0, 0.05) is 16.6 Å². The fourth-order valence-electron chi connectivity index (χ4n) is 1.52. The Morgan fingerprint density at radius 1 is 1.37 bits per heavy atom. The number of nitrogens with zero attached hydrogens (tertiary/aromatic N) is 5. The zero-order valence-electron chi connectivity index (χ0n) is 9.24. The van der Waals surface area contributed by atoms with Crippen LogP contribution in [0.1, 0.15) is 11.4 Å². The number of nitro groups is 1. The summed E-state index contributed by atoms with van der Waals surface area (Å²) in [6, 6.07) is 7.80. The van der Waals surface area contributed by atoms with Crippen molar-refractivity contribution < 1.29 is 4.92 Å². The summed E-state index contributed by atoms with van der Waals surface area (Å²) in [4.78, 5) is 13.9. The third-order valence-corrected chi connectivity index (χ3v) is 3.02. The maximum Gasteiger partial charge on any atom is 0.270 e. The number of benzene rings is 1. The molecule has 1 aromatic carbocycles. The van der Waals surface area contributed by atoms with Gasteiger partial charge in [-0.2, -0.15) is 10.5 Å². The van der Waals surface area contributed by atoms with E-state index in [1.807, 2.05) is 12.1 Å². The maximum atomic E-state index is 10.6. The number of rotatable bonds is 2. The van der Waals surface area contributed by atoms with Crippen LogP contribution in [0.15, 0.2) is 29.0 Å². The highest BCUT2D eigenvalue weighted by Crippen LogP contribution is 2.27. The summed E-state index contributed by atoms with van der Waals surface area (Å²) >= 11 is 3.20. The first kappa shape index (κ1) is 12.7. The van der Waals surface area contributed by atoms with Crippen molar-refractivity contribution in [1.29, 1.82) is 10.5 Å². The molecule has 0 spiro atoms. The van der Waals surface area contributed by atoms with Gasteiger partial charge in [0.15, 0.2) is 11.4 Å². The third-order valence-electron chi connectivity index (χ3n) is 2.38. The number of nitriles is 2. The van der Waals surface area contributed by atoms with Gasteiger partial charge < -0.3 is 0 Å². The summed E-state index contributed by atoms with van der Waals surface area (Å²) in [5.41, 5.74) is 0.510. The van der Waals surface area contributed by atoms with Crippen LogP contribution < -0.4 is 0 Å². The van der Waals surface area contributed by atoms with E-state index in [1.165, 1.54) is 29.1 Å². The lowest BCUT2D eigenvalue weighted by atomic mass is 10.2. The zero-order chi connectivity index (χ0) is 14.0. The van der Waals surface area contributed by atoms with Crippen LogP contribution in [0, 0.1) is 32.8 Å². The van der Waals surface area contributed by atoms with E-state index in [9.17, 15) is 10.1 Å². The molecule has 19 heavy (non-hydrogen) atoms. The minimum absolute atomic E-state index is 0.00718. The van der Waals surface area contributed by atoms with Crippen molar-refractivity contribution in [3.63, 3.8) is 0 Å². The SMILES string of the molecule is N#Cc1ncn(-c2ccc([N+](=O)[O-])cc2Br)c1C#N. The largest absolute Gasteiger partial charge is 0.288 e. The van der Waals surface area contributed by atoms with Crippen molar-refractivity contribution >= 4 is 21.6 Å². The maximum absolute atomic E-state index is 10.6. The fourth-order valence-corrected chi connectivity index (χ4v) is 2.08. The highest BCUT2D eigenvalue weighted by Gasteiger charge is 2.15. The number of aromatic nitrogens is 2. The quantitative estimate of drug-likeness (QED) is 0.623. The van der Waals surface area contributed by atoms with Crippen LogP contribution in [0.4, 0.5) is 5.69 Å². The van der Waals surface area contributed by atoms with Crippen molar-refractivity contribution in [2.24, 2.45) is 0 Å². The van der Waals surface area contributed by atoms with Crippen LogP contribution in [0.25, 0.3) is 5.69 Å². The summed E-state index contributed by atoms with van der Waals surface area (Å²) in [6.45, 7) is 0. The molecule has 0 amide bonds. The van der Waals surface area contributed by atoms with Gasteiger partial charge in [-0.25, -0.2) is 4.98 Å². The Kier molecular flexibility index (Phi) is 3.27. The van der Waals surface area contributed by atoms with Gasteiger partial charge in [0.1, 0.15) is 18.5 Å². The molecule has 0 aliphatic carbocycles. The molecule has 0 aliphatic rings. The second kappa shape index (κ2) is 4.88. The Labute approximate surface area is 115 Å². The Balaban J connectivity index is 2.61. The molecule has 0 bridgehead atoms. The van der Waals surface area contributed by atoms with Crippen molar-refractivity contribution in [3.8, 4) is 17.8 Å². The molecule has 7 nitrogen and oxygen atoms in total. The molecule has 0 saturated carbocycles. The summed E-state index contributed by atoms with van der Waals surface area (Å²) in [5.74, 6) is 0. The van der Waals surface area contributed by atoms with Crippen LogP contribution in [0.3, 0.4) is 0 Å². The predicted octanol–water partition coefficient (Wildman–Crippen LogP) is 2.29. The number of hydrogen-bond donors (Lipinski definition) is 0. The van der Waals surface area contributed by atoms with E-state index >= 15 is 0 Å². The van der Waals surface area contributed by atoms with Crippen LogP contribution in [-0.2, 0) is 0 Å². The van der Waals surface area contributed by atoms with Gasteiger partial charge in [-0.15, -0.1) is 0 Å². The van der Waals surface area contributed by atoms with E-state index in [0.717, 1.165) is 0 Å². The molecule has 2 aromatic rings. The van der Waals surface area contributed by atoms with E-state index in [2.05, 4.69) is 20.9 Å². The van der Waals surface area contributed by atoms with Crippen molar-refractivity contribution in [2.75, 3.05) is 0 Å². The summed E-state index contributed by atoms with van der Waals surface area (Å²) in [7, 11) is 0. The van der Waals surface area contributed by atoms with Gasteiger partial charge in [0.05, 0.1) is 10.6 Å². The minimum atomic E-state index is -0.519. The molecular formula is C11H4BrN5O2. The Bertz CT molecular complexity index is 753. The molecule has 1 aromatic heterocycles. The molecule has 2 rings (SSSR count). The van der Waals surface area contributed by atoms with Crippen LogP contribution >= 0.6 is 15.9 Å². The Morgan fingerprint density at radius 2 is 2.11 bits per heavy atom. The summed E-state index contributed by atoms with van der Waals surface area (Å²) in [5, 5.41) is 28.5. The normalized spacial score (nSPS) is 9.63. The van der Waals surface area contributed by atoms with Crippen molar-refractivity contribution in [2.45, 2.75) is 0 Å². The van der Waals surface area contributed by atoms with Crippen molar-refractivity contribution in [1.82, 2.24) is 9.55 Å². The minimum Gasteiger partial charge on any atom is -0.288 e. The zero-order valence-corrected chi connectivity index (χ0v) is 10.8. The van der Waals surface area contributed by atoms with Gasteiger partial charge >= 0.3 is 0 Å². The monoisotopic (exact) mass is 317 g/mol. The molecule has 92 valence electrons. The first-order chi connectivity index (χ1) is 9.08. The number of halogens is 1. The van der Waals surface area contributed by atoms with Gasteiger partial charge in [0.25, 0.3) is 5.69 Å². The molecular weight excluding hydrogens is 314 g/mol. The fraction of sp³-hybridized carbons (Fsp3) is 0. The Morgan fingerprint density at radius 3 is 2.63 bits per heavy atom. The average molecular weight is 318 g/mol. The Hall–Kier alpha value is -2.71. The predicted molar refractivity (Wildman–Crippen MR) is 67.3 cm³/mol. The lowest BCUT2D eigenvalue weighted by Crippen LogP contribution is -1.98. The van der Waals surface area contributed by atoms with E-state index in [0.29, 0.717) is 10.2 Å². The molecule has 0 radical (unpaired) electrons. The standard InChI is InChI=1S/C11H4BrN5O2/c12-8-3-7(17(18)19)1-2-10(8)16-6-15-9(4-13)11(16)5-14/h1-3,6H. The lowest BCUT2D eigenvalue weighted by Gasteiger charge is -2.06. The highest BCUT2D eigenvalue weighted by molar-refractivity contribution is 9.10. The van der Waals surface area contributed by atoms with Gasteiger partial charge in [-0.3, -0.25) is 14.7 Å². The topological polar surface area (TPSA) is 109 Å². The molecule has 0 fully saturated rings. The third kappa shape index (κ3) is 2.17. The second-order valence-corrected chi connectivity index (χ2v) is 4.28. The van der Waals surface area contributed by atoms with Crippen LogP contribution in [-0.4, -0.2) is 14.5 Å². The lowest BCUT2D eigenvalue weighted by molar-refractivity contribution is -0.384. The second-order valence-electron chi connectivity index (χ2n) is 3.43. The van der Waals surface area contributed by atoms with E-state index in [1.54, 1.807) is 0 Å².